The van der Waals surface area contributed by atoms with Crippen LogP contribution in [0.2, 0.25) is 0 Å². The van der Waals surface area contributed by atoms with Crippen molar-refractivity contribution in [2.75, 3.05) is 5.32 Å². The third-order valence-corrected chi connectivity index (χ3v) is 2.07. The molecule has 1 unspecified atom stereocenters. The summed E-state index contributed by atoms with van der Waals surface area (Å²) in [5.41, 5.74) is 5.98. The van der Waals surface area contributed by atoms with Gasteiger partial charge in [0.1, 0.15) is 5.75 Å². The van der Waals surface area contributed by atoms with Crippen LogP contribution in [0.1, 0.15) is 24.2 Å². The summed E-state index contributed by atoms with van der Waals surface area (Å²) < 4.78 is 0. The Hall–Kier alpha value is -1.88. The molecule has 86 valence electrons. The number of nitrogens with one attached hydrogen (secondary N) is 1. The molecule has 0 radical (unpaired) electrons. The molecule has 0 saturated heterocycles. The molecule has 0 aromatic heterocycles. The minimum atomic E-state index is -0.680. The highest BCUT2D eigenvalue weighted by molar-refractivity contribution is 5.99. The second-order valence-corrected chi connectivity index (χ2v) is 3.57. The van der Waals surface area contributed by atoms with Crippen LogP contribution in [-0.2, 0) is 4.79 Å². The molecular weight excluding hydrogens is 208 g/mol. The van der Waals surface area contributed by atoms with Crippen LogP contribution in [0.4, 0.5) is 5.69 Å². The highest BCUT2D eigenvalue weighted by atomic mass is 16.3. The lowest BCUT2D eigenvalue weighted by Gasteiger charge is -2.10. The molecule has 5 heteroatoms. The van der Waals surface area contributed by atoms with Gasteiger partial charge in [-0.25, -0.2) is 0 Å². The van der Waals surface area contributed by atoms with E-state index in [4.69, 9.17) is 5.73 Å². The second-order valence-electron chi connectivity index (χ2n) is 3.57. The molecule has 0 heterocycles. The van der Waals surface area contributed by atoms with E-state index in [1.807, 2.05) is 0 Å². The lowest BCUT2D eigenvalue weighted by Crippen LogP contribution is -2.32. The molecule has 0 aliphatic rings. The normalized spacial score (nSPS) is 11.9. The maximum Gasteiger partial charge on any atom is 0.241 e. The summed E-state index contributed by atoms with van der Waals surface area (Å²) in [5, 5.41) is 11.9. The van der Waals surface area contributed by atoms with Gasteiger partial charge in [0.15, 0.2) is 5.78 Å². The van der Waals surface area contributed by atoms with E-state index in [-0.39, 0.29) is 17.2 Å². The van der Waals surface area contributed by atoms with Crippen molar-refractivity contribution in [3.63, 3.8) is 0 Å². The number of carbonyl (C=O) groups is 2. The average molecular weight is 222 g/mol. The van der Waals surface area contributed by atoms with Crippen LogP contribution in [-0.4, -0.2) is 22.8 Å². The highest BCUT2D eigenvalue weighted by Gasteiger charge is 2.11. The van der Waals surface area contributed by atoms with E-state index < -0.39 is 11.9 Å². The van der Waals surface area contributed by atoms with Gasteiger partial charge < -0.3 is 16.2 Å². The van der Waals surface area contributed by atoms with Crippen molar-refractivity contribution in [2.45, 2.75) is 19.9 Å². The van der Waals surface area contributed by atoms with Gasteiger partial charge in [-0.15, -0.1) is 0 Å². The van der Waals surface area contributed by atoms with Gasteiger partial charge in [0, 0.05) is 5.56 Å². The molecule has 1 aromatic rings. The summed E-state index contributed by atoms with van der Waals surface area (Å²) in [6.07, 6.45) is 0. The van der Waals surface area contributed by atoms with Gasteiger partial charge in [-0.05, 0) is 32.0 Å². The van der Waals surface area contributed by atoms with Gasteiger partial charge >= 0.3 is 0 Å². The Morgan fingerprint density at radius 2 is 2.06 bits per heavy atom. The van der Waals surface area contributed by atoms with E-state index in [0.717, 1.165) is 0 Å². The van der Waals surface area contributed by atoms with Crippen LogP contribution >= 0.6 is 0 Å². The molecule has 0 spiro atoms. The lowest BCUT2D eigenvalue weighted by molar-refractivity contribution is -0.117. The molecule has 16 heavy (non-hydrogen) atoms. The van der Waals surface area contributed by atoms with Crippen molar-refractivity contribution in [1.29, 1.82) is 0 Å². The number of rotatable bonds is 3. The van der Waals surface area contributed by atoms with Crippen molar-refractivity contribution in [1.82, 2.24) is 0 Å². The first kappa shape index (κ1) is 12.2. The maximum atomic E-state index is 11.3. The zero-order valence-electron chi connectivity index (χ0n) is 9.15. The first-order valence-corrected chi connectivity index (χ1v) is 4.82. The largest absolute Gasteiger partial charge is 0.506 e. The van der Waals surface area contributed by atoms with E-state index >= 15 is 0 Å². The fourth-order valence-corrected chi connectivity index (χ4v) is 1.10. The first-order chi connectivity index (χ1) is 7.41. The Bertz CT molecular complexity index is 427. The van der Waals surface area contributed by atoms with Crippen LogP contribution in [0.5, 0.6) is 5.75 Å². The Morgan fingerprint density at radius 1 is 1.44 bits per heavy atom. The van der Waals surface area contributed by atoms with Gasteiger partial charge in [0.2, 0.25) is 5.91 Å². The van der Waals surface area contributed by atoms with E-state index in [2.05, 4.69) is 5.32 Å². The van der Waals surface area contributed by atoms with E-state index in [9.17, 15) is 14.7 Å². The highest BCUT2D eigenvalue weighted by Crippen LogP contribution is 2.24. The number of nitrogens with two attached hydrogens (primary N) is 1. The Balaban J connectivity index is 2.99. The molecule has 0 bridgehead atoms. The van der Waals surface area contributed by atoms with Gasteiger partial charge in [-0.1, -0.05) is 0 Å². The number of carbonyl (C=O) groups excluding carboxylic acids is 2. The van der Waals surface area contributed by atoms with Crippen molar-refractivity contribution in [2.24, 2.45) is 5.73 Å². The quantitative estimate of drug-likeness (QED) is 0.523. The standard InChI is InChI=1S/C11H14N2O3/c1-6(12)11(16)13-9-5-8(7(2)14)3-4-10(9)15/h3-6,15H,12H2,1-2H3,(H,13,16). The number of amides is 1. The van der Waals surface area contributed by atoms with Gasteiger partial charge in [0.25, 0.3) is 0 Å². The number of benzene rings is 1. The smallest absolute Gasteiger partial charge is 0.241 e. The fraction of sp³-hybridized carbons (Fsp3) is 0.273. The molecule has 1 amide bonds. The van der Waals surface area contributed by atoms with Crippen LogP contribution < -0.4 is 11.1 Å². The predicted octanol–water partition coefficient (Wildman–Crippen LogP) is 0.881. The second kappa shape index (κ2) is 4.76. The zero-order chi connectivity index (χ0) is 12.3. The summed E-state index contributed by atoms with van der Waals surface area (Å²) in [6.45, 7) is 2.94. The van der Waals surface area contributed by atoms with Crippen LogP contribution in [0.15, 0.2) is 18.2 Å². The molecule has 0 aliphatic carbocycles. The van der Waals surface area contributed by atoms with Gasteiger partial charge in [0.05, 0.1) is 11.7 Å². The summed E-state index contributed by atoms with van der Waals surface area (Å²) >= 11 is 0. The molecule has 0 aliphatic heterocycles. The molecule has 1 aromatic carbocycles. The van der Waals surface area contributed by atoms with Crippen molar-refractivity contribution < 1.29 is 14.7 Å². The van der Waals surface area contributed by atoms with Crippen molar-refractivity contribution >= 4 is 17.4 Å². The Kier molecular flexibility index (Phi) is 3.63. The van der Waals surface area contributed by atoms with E-state index in [1.165, 1.54) is 32.0 Å². The Labute approximate surface area is 93.3 Å². The number of ketones is 1. The van der Waals surface area contributed by atoms with Crippen molar-refractivity contribution in [3.05, 3.63) is 23.8 Å². The van der Waals surface area contributed by atoms with Gasteiger partial charge in [-0.3, -0.25) is 9.59 Å². The predicted molar refractivity (Wildman–Crippen MR) is 60.4 cm³/mol. The number of hydrogen-bond donors (Lipinski definition) is 3. The molecule has 1 rings (SSSR count). The number of phenolic OH excluding ortho intramolecular Hbond substituents is 1. The number of anilines is 1. The van der Waals surface area contributed by atoms with E-state index in [1.54, 1.807) is 0 Å². The van der Waals surface area contributed by atoms with Crippen LogP contribution in [0.3, 0.4) is 0 Å². The first-order valence-electron chi connectivity index (χ1n) is 4.82. The molecular formula is C11H14N2O3. The molecule has 0 saturated carbocycles. The topological polar surface area (TPSA) is 92.4 Å². The zero-order valence-corrected chi connectivity index (χ0v) is 9.15. The Morgan fingerprint density at radius 3 is 2.56 bits per heavy atom. The lowest BCUT2D eigenvalue weighted by atomic mass is 10.1. The number of hydrogen-bond acceptors (Lipinski definition) is 4. The molecule has 5 nitrogen and oxygen atoms in total. The summed E-state index contributed by atoms with van der Waals surface area (Å²) in [5.74, 6) is -0.661. The average Bonchev–Trinajstić information content (AvgIpc) is 2.20. The minimum absolute atomic E-state index is 0.0981. The van der Waals surface area contributed by atoms with Crippen molar-refractivity contribution in [3.8, 4) is 5.75 Å². The van der Waals surface area contributed by atoms with Crippen LogP contribution in [0, 0.1) is 0 Å². The van der Waals surface area contributed by atoms with Crippen LogP contribution in [0.25, 0.3) is 0 Å². The third kappa shape index (κ3) is 2.80. The minimum Gasteiger partial charge on any atom is -0.506 e. The summed E-state index contributed by atoms with van der Waals surface area (Å²) in [7, 11) is 0. The molecule has 1 atom stereocenters. The molecule has 0 fully saturated rings. The maximum absolute atomic E-state index is 11.3. The third-order valence-electron chi connectivity index (χ3n) is 2.07. The summed E-state index contributed by atoms with van der Waals surface area (Å²) in [4.78, 5) is 22.4. The number of phenols is 1. The number of aromatic hydroxyl groups is 1. The summed E-state index contributed by atoms with van der Waals surface area (Å²) in [6, 6.07) is 3.57. The molecule has 4 N–H and O–H groups in total. The fourth-order valence-electron chi connectivity index (χ4n) is 1.10. The van der Waals surface area contributed by atoms with Gasteiger partial charge in [-0.2, -0.15) is 0 Å². The SMILES string of the molecule is CC(=O)c1ccc(O)c(NC(=O)C(C)N)c1. The number of Topliss-reactive ketones (excluding diaryl/α,β-unsaturated/α-hetero) is 1. The van der Waals surface area contributed by atoms with E-state index in [0.29, 0.717) is 5.56 Å². The monoisotopic (exact) mass is 222 g/mol.